The van der Waals surface area contributed by atoms with Gasteiger partial charge in [-0.05, 0) is 25.0 Å². The molecule has 0 unspecified atom stereocenters. The zero-order valence-electron chi connectivity index (χ0n) is 15.1. The molecular formula is C18H22ClN3O4S. The summed E-state index contributed by atoms with van der Waals surface area (Å²) < 4.78 is 41.3. The first kappa shape index (κ1) is 18.6. The number of aromatic nitrogens is 2. The number of sulfonamides is 1. The second-order valence-electron chi connectivity index (χ2n) is 6.79. The van der Waals surface area contributed by atoms with Crippen LogP contribution >= 0.6 is 11.6 Å². The van der Waals surface area contributed by atoms with Gasteiger partial charge in [-0.1, -0.05) is 24.4 Å². The lowest BCUT2D eigenvalue weighted by Crippen LogP contribution is -2.36. The van der Waals surface area contributed by atoms with Gasteiger partial charge in [-0.15, -0.1) is 0 Å². The van der Waals surface area contributed by atoms with Gasteiger partial charge in [-0.3, -0.25) is 4.68 Å². The smallest absolute Gasteiger partial charge is 0.243 e. The maximum absolute atomic E-state index is 13.5. The molecule has 0 bridgehead atoms. The van der Waals surface area contributed by atoms with Crippen LogP contribution in [0.3, 0.4) is 0 Å². The minimum absolute atomic E-state index is 0.206. The molecule has 4 rings (SSSR count). The fourth-order valence-electron chi connectivity index (χ4n) is 3.76. The number of fused-ring (bicyclic) bond motifs is 1. The quantitative estimate of drug-likeness (QED) is 0.775. The third kappa shape index (κ3) is 3.41. The molecule has 2 aliphatic rings. The SMILES string of the molecule is Cn1ncc(Cl)c1[C@@H]1CCCCCN1S(=O)(=O)c1ccc2c(c1)OCCO2. The zero-order valence-corrected chi connectivity index (χ0v) is 16.7. The van der Waals surface area contributed by atoms with Gasteiger partial charge in [-0.25, -0.2) is 8.42 Å². The standard InChI is InChI=1S/C18H22ClN3O4S/c1-21-18(14(19)12-20-21)15-5-3-2-4-8-22(15)27(23,24)13-6-7-16-17(11-13)26-10-9-25-16/h6-7,11-12,15H,2-5,8-10H2,1H3/t15-/m0/s1. The monoisotopic (exact) mass is 411 g/mol. The van der Waals surface area contributed by atoms with E-state index in [-0.39, 0.29) is 10.9 Å². The van der Waals surface area contributed by atoms with Gasteiger partial charge in [0.05, 0.1) is 27.9 Å². The van der Waals surface area contributed by atoms with Crippen molar-refractivity contribution in [2.75, 3.05) is 19.8 Å². The molecule has 2 aliphatic heterocycles. The van der Waals surface area contributed by atoms with Crippen LogP contribution in [-0.4, -0.2) is 42.3 Å². The number of hydrogen-bond donors (Lipinski definition) is 0. The van der Waals surface area contributed by atoms with E-state index in [1.54, 1.807) is 40.4 Å². The molecule has 27 heavy (non-hydrogen) atoms. The summed E-state index contributed by atoms with van der Waals surface area (Å²) in [6.45, 7) is 1.32. The highest BCUT2D eigenvalue weighted by Gasteiger charge is 2.36. The molecule has 0 aliphatic carbocycles. The van der Waals surface area contributed by atoms with Crippen LogP contribution in [0.25, 0.3) is 0 Å². The molecule has 1 aromatic carbocycles. The summed E-state index contributed by atoms with van der Waals surface area (Å²) >= 11 is 6.35. The molecule has 2 aromatic rings. The van der Waals surface area contributed by atoms with Gasteiger partial charge in [0.1, 0.15) is 13.2 Å². The Morgan fingerprint density at radius 2 is 1.93 bits per heavy atom. The fraction of sp³-hybridized carbons (Fsp3) is 0.500. The molecule has 0 radical (unpaired) electrons. The van der Waals surface area contributed by atoms with E-state index in [4.69, 9.17) is 21.1 Å². The van der Waals surface area contributed by atoms with E-state index >= 15 is 0 Å². The Bertz CT molecular complexity index is 925. The van der Waals surface area contributed by atoms with Crippen LogP contribution in [0.4, 0.5) is 0 Å². The van der Waals surface area contributed by atoms with Crippen LogP contribution in [0.5, 0.6) is 11.5 Å². The average molecular weight is 412 g/mol. The van der Waals surface area contributed by atoms with Gasteiger partial charge in [0, 0.05) is 19.7 Å². The van der Waals surface area contributed by atoms with Crippen molar-refractivity contribution < 1.29 is 17.9 Å². The van der Waals surface area contributed by atoms with Gasteiger partial charge in [0.2, 0.25) is 10.0 Å². The van der Waals surface area contributed by atoms with Gasteiger partial charge in [-0.2, -0.15) is 9.40 Å². The summed E-state index contributed by atoms with van der Waals surface area (Å²) in [6.07, 6.45) is 5.02. The van der Waals surface area contributed by atoms with Crippen molar-refractivity contribution in [3.8, 4) is 11.5 Å². The van der Waals surface area contributed by atoms with Crippen LogP contribution in [0.1, 0.15) is 37.4 Å². The molecule has 0 N–H and O–H groups in total. The van der Waals surface area contributed by atoms with E-state index in [9.17, 15) is 8.42 Å². The number of aryl methyl sites for hydroxylation is 1. The molecule has 1 saturated heterocycles. The average Bonchev–Trinajstić information content (AvgIpc) is 2.86. The lowest BCUT2D eigenvalue weighted by Gasteiger charge is -2.30. The Balaban J connectivity index is 1.75. The number of halogens is 1. The summed E-state index contributed by atoms with van der Waals surface area (Å²) in [6, 6.07) is 4.45. The maximum Gasteiger partial charge on any atom is 0.243 e. The first-order valence-electron chi connectivity index (χ1n) is 9.07. The Morgan fingerprint density at radius 1 is 1.15 bits per heavy atom. The summed E-state index contributed by atoms with van der Waals surface area (Å²) in [4.78, 5) is 0.206. The van der Waals surface area contributed by atoms with Crippen LogP contribution in [0.2, 0.25) is 5.02 Å². The van der Waals surface area contributed by atoms with Crippen molar-refractivity contribution in [1.29, 1.82) is 0 Å². The van der Waals surface area contributed by atoms with E-state index in [0.29, 0.717) is 42.7 Å². The van der Waals surface area contributed by atoms with Crippen LogP contribution < -0.4 is 9.47 Å². The van der Waals surface area contributed by atoms with Crippen molar-refractivity contribution in [2.45, 2.75) is 36.6 Å². The van der Waals surface area contributed by atoms with E-state index in [0.717, 1.165) is 25.0 Å². The second kappa shape index (κ2) is 7.33. The highest BCUT2D eigenvalue weighted by atomic mass is 35.5. The van der Waals surface area contributed by atoms with Crippen molar-refractivity contribution >= 4 is 21.6 Å². The summed E-state index contributed by atoms with van der Waals surface area (Å²) in [5.74, 6) is 1.04. The van der Waals surface area contributed by atoms with Crippen molar-refractivity contribution in [1.82, 2.24) is 14.1 Å². The van der Waals surface area contributed by atoms with Gasteiger partial charge < -0.3 is 9.47 Å². The highest BCUT2D eigenvalue weighted by molar-refractivity contribution is 7.89. The Kier molecular flexibility index (Phi) is 5.05. The van der Waals surface area contributed by atoms with Gasteiger partial charge in [0.25, 0.3) is 0 Å². The van der Waals surface area contributed by atoms with Crippen molar-refractivity contribution in [3.63, 3.8) is 0 Å². The predicted octanol–water partition coefficient (Wildman–Crippen LogP) is 3.15. The second-order valence-corrected chi connectivity index (χ2v) is 9.09. The van der Waals surface area contributed by atoms with Gasteiger partial charge in [0.15, 0.2) is 11.5 Å². The lowest BCUT2D eigenvalue weighted by molar-refractivity contribution is 0.171. The number of rotatable bonds is 3. The van der Waals surface area contributed by atoms with Crippen LogP contribution in [0.15, 0.2) is 29.3 Å². The maximum atomic E-state index is 13.5. The normalized spacial score (nSPS) is 21.0. The van der Waals surface area contributed by atoms with E-state index in [2.05, 4.69) is 5.10 Å². The lowest BCUT2D eigenvalue weighted by atomic mass is 10.1. The molecule has 1 atom stereocenters. The van der Waals surface area contributed by atoms with Crippen molar-refractivity contribution in [3.05, 3.63) is 35.1 Å². The molecule has 0 amide bonds. The third-order valence-electron chi connectivity index (χ3n) is 5.08. The topological polar surface area (TPSA) is 73.7 Å². The van der Waals surface area contributed by atoms with E-state index in [1.807, 2.05) is 0 Å². The first-order valence-corrected chi connectivity index (χ1v) is 10.9. The van der Waals surface area contributed by atoms with Crippen molar-refractivity contribution in [2.24, 2.45) is 7.05 Å². The fourth-order valence-corrected chi connectivity index (χ4v) is 5.73. The molecular weight excluding hydrogens is 390 g/mol. The van der Waals surface area contributed by atoms with E-state index < -0.39 is 10.0 Å². The van der Waals surface area contributed by atoms with Crippen LogP contribution in [-0.2, 0) is 17.1 Å². The summed E-state index contributed by atoms with van der Waals surface area (Å²) in [5, 5.41) is 4.69. The minimum atomic E-state index is -3.73. The highest BCUT2D eigenvalue weighted by Crippen LogP contribution is 2.39. The Labute approximate surface area is 163 Å². The number of nitrogens with zero attached hydrogens (tertiary/aromatic N) is 3. The van der Waals surface area contributed by atoms with Crippen LogP contribution in [0, 0.1) is 0 Å². The molecule has 146 valence electrons. The summed E-state index contributed by atoms with van der Waals surface area (Å²) in [7, 11) is -1.94. The number of ether oxygens (including phenoxy) is 2. The predicted molar refractivity (Wildman–Crippen MR) is 101 cm³/mol. The summed E-state index contributed by atoms with van der Waals surface area (Å²) in [5.41, 5.74) is 0.736. The Hall–Kier alpha value is -1.77. The number of hydrogen-bond acceptors (Lipinski definition) is 5. The third-order valence-corrected chi connectivity index (χ3v) is 7.27. The molecule has 0 saturated carbocycles. The largest absolute Gasteiger partial charge is 0.486 e. The molecule has 1 fully saturated rings. The van der Waals surface area contributed by atoms with E-state index in [1.165, 1.54) is 0 Å². The Morgan fingerprint density at radius 3 is 2.67 bits per heavy atom. The number of benzene rings is 1. The molecule has 3 heterocycles. The molecule has 7 nitrogen and oxygen atoms in total. The molecule has 0 spiro atoms. The molecule has 9 heteroatoms. The first-order chi connectivity index (χ1) is 13.0. The minimum Gasteiger partial charge on any atom is -0.486 e. The van der Waals surface area contributed by atoms with Gasteiger partial charge >= 0.3 is 0 Å². The molecule has 1 aromatic heterocycles. The zero-order chi connectivity index (χ0) is 19.0.